The standard InChI is InChI=1S/C14H15F4NO/c1-3-4-9(2)13(20)19-8-10-5-6-11(15)7-12(10)14(16,17)18/h4-7H,3,8H2,1-2H3,(H,19,20)/b9-4-. The fourth-order valence-corrected chi connectivity index (χ4v) is 1.68. The molecule has 0 aliphatic rings. The average Bonchev–Trinajstić information content (AvgIpc) is 2.36. The van der Waals surface area contributed by atoms with Crippen molar-refractivity contribution in [1.29, 1.82) is 0 Å². The zero-order valence-electron chi connectivity index (χ0n) is 11.1. The highest BCUT2D eigenvalue weighted by atomic mass is 19.4. The molecule has 20 heavy (non-hydrogen) atoms. The third-order valence-corrected chi connectivity index (χ3v) is 2.69. The van der Waals surface area contributed by atoms with Crippen LogP contribution >= 0.6 is 0 Å². The van der Waals surface area contributed by atoms with Crippen molar-refractivity contribution in [3.8, 4) is 0 Å². The number of amides is 1. The predicted octanol–water partition coefficient (Wildman–Crippen LogP) is 3.82. The molecule has 1 aromatic carbocycles. The van der Waals surface area contributed by atoms with Gasteiger partial charge in [0.1, 0.15) is 5.82 Å². The molecule has 0 saturated carbocycles. The van der Waals surface area contributed by atoms with Gasteiger partial charge in [0.25, 0.3) is 0 Å². The number of carbonyl (C=O) groups is 1. The van der Waals surface area contributed by atoms with Gasteiger partial charge in [-0.3, -0.25) is 4.79 Å². The Morgan fingerprint density at radius 1 is 1.35 bits per heavy atom. The van der Waals surface area contributed by atoms with E-state index in [-0.39, 0.29) is 12.1 Å². The third-order valence-electron chi connectivity index (χ3n) is 2.69. The molecule has 0 heterocycles. The van der Waals surface area contributed by atoms with Crippen LogP contribution < -0.4 is 5.32 Å². The molecule has 0 unspecified atom stereocenters. The van der Waals surface area contributed by atoms with Crippen molar-refractivity contribution in [1.82, 2.24) is 5.32 Å². The number of hydrogen-bond acceptors (Lipinski definition) is 1. The zero-order valence-corrected chi connectivity index (χ0v) is 11.1. The van der Waals surface area contributed by atoms with E-state index in [0.29, 0.717) is 18.1 Å². The largest absolute Gasteiger partial charge is 0.416 e. The first-order valence-electron chi connectivity index (χ1n) is 6.06. The van der Waals surface area contributed by atoms with E-state index < -0.39 is 23.5 Å². The summed E-state index contributed by atoms with van der Waals surface area (Å²) in [5.41, 5.74) is -0.811. The highest BCUT2D eigenvalue weighted by Crippen LogP contribution is 2.32. The lowest BCUT2D eigenvalue weighted by Gasteiger charge is -2.13. The van der Waals surface area contributed by atoms with Crippen molar-refractivity contribution in [2.75, 3.05) is 0 Å². The van der Waals surface area contributed by atoms with Crippen LogP contribution in [0.15, 0.2) is 29.8 Å². The summed E-state index contributed by atoms with van der Waals surface area (Å²) in [6, 6.07) is 2.39. The summed E-state index contributed by atoms with van der Waals surface area (Å²) in [5, 5.41) is 2.39. The van der Waals surface area contributed by atoms with Crippen LogP contribution in [0.1, 0.15) is 31.4 Å². The molecule has 6 heteroatoms. The molecule has 1 aromatic rings. The quantitative estimate of drug-likeness (QED) is 0.662. The van der Waals surface area contributed by atoms with E-state index in [0.717, 1.165) is 12.1 Å². The Labute approximate surface area is 114 Å². The molecule has 0 aromatic heterocycles. The van der Waals surface area contributed by atoms with Crippen LogP contribution in [0.2, 0.25) is 0 Å². The van der Waals surface area contributed by atoms with Crippen molar-refractivity contribution < 1.29 is 22.4 Å². The molecule has 2 nitrogen and oxygen atoms in total. The van der Waals surface area contributed by atoms with E-state index in [9.17, 15) is 22.4 Å². The van der Waals surface area contributed by atoms with Crippen molar-refractivity contribution in [2.24, 2.45) is 0 Å². The van der Waals surface area contributed by atoms with Gasteiger partial charge in [0.15, 0.2) is 0 Å². The van der Waals surface area contributed by atoms with Gasteiger partial charge in [-0.15, -0.1) is 0 Å². The molecular formula is C14H15F4NO. The number of benzene rings is 1. The molecule has 1 N–H and O–H groups in total. The molecule has 0 radical (unpaired) electrons. The summed E-state index contributed by atoms with van der Waals surface area (Å²) in [6.07, 6.45) is -2.33. The normalized spacial score (nSPS) is 12.4. The molecule has 1 amide bonds. The van der Waals surface area contributed by atoms with Crippen molar-refractivity contribution in [3.05, 3.63) is 46.8 Å². The van der Waals surface area contributed by atoms with E-state index in [4.69, 9.17) is 0 Å². The van der Waals surface area contributed by atoms with Gasteiger partial charge in [0.2, 0.25) is 5.91 Å². The predicted molar refractivity (Wildman–Crippen MR) is 67.3 cm³/mol. The first-order valence-corrected chi connectivity index (χ1v) is 6.06. The number of halogens is 4. The Hall–Kier alpha value is -1.85. The second-order valence-electron chi connectivity index (χ2n) is 4.28. The summed E-state index contributed by atoms with van der Waals surface area (Å²) in [6.45, 7) is 3.12. The van der Waals surface area contributed by atoms with Crippen LogP contribution in [0, 0.1) is 5.82 Å². The number of hydrogen-bond donors (Lipinski definition) is 1. The highest BCUT2D eigenvalue weighted by Gasteiger charge is 2.33. The van der Waals surface area contributed by atoms with Gasteiger partial charge >= 0.3 is 6.18 Å². The third kappa shape index (κ3) is 4.36. The molecule has 0 spiro atoms. The molecule has 110 valence electrons. The van der Waals surface area contributed by atoms with Gasteiger partial charge in [-0.2, -0.15) is 13.2 Å². The number of allylic oxidation sites excluding steroid dienone is 1. The van der Waals surface area contributed by atoms with Crippen molar-refractivity contribution in [3.63, 3.8) is 0 Å². The topological polar surface area (TPSA) is 29.1 Å². The Morgan fingerprint density at radius 2 is 2.00 bits per heavy atom. The van der Waals surface area contributed by atoms with Gasteiger partial charge in [-0.25, -0.2) is 4.39 Å². The maximum Gasteiger partial charge on any atom is 0.416 e. The molecule has 0 bridgehead atoms. The fourth-order valence-electron chi connectivity index (χ4n) is 1.68. The van der Waals surface area contributed by atoms with E-state index in [2.05, 4.69) is 5.32 Å². The maximum absolute atomic E-state index is 12.9. The van der Waals surface area contributed by atoms with Gasteiger partial charge in [-0.05, 0) is 31.0 Å². The van der Waals surface area contributed by atoms with E-state index in [1.165, 1.54) is 0 Å². The molecule has 0 fully saturated rings. The Balaban J connectivity index is 2.89. The van der Waals surface area contributed by atoms with E-state index >= 15 is 0 Å². The summed E-state index contributed by atoms with van der Waals surface area (Å²) in [4.78, 5) is 11.6. The Kier molecular flexibility index (Phi) is 5.30. The minimum absolute atomic E-state index is 0.170. The number of rotatable bonds is 4. The zero-order chi connectivity index (χ0) is 15.3. The van der Waals surface area contributed by atoms with Crippen LogP contribution in [-0.4, -0.2) is 5.91 Å². The lowest BCUT2D eigenvalue weighted by molar-refractivity contribution is -0.138. The van der Waals surface area contributed by atoms with E-state index in [1.807, 2.05) is 6.92 Å². The SMILES string of the molecule is CC/C=C(/C)C(=O)NCc1ccc(F)cc1C(F)(F)F. The van der Waals surface area contributed by atoms with Gasteiger partial charge in [0, 0.05) is 12.1 Å². The van der Waals surface area contributed by atoms with Gasteiger partial charge in [0.05, 0.1) is 5.56 Å². The first kappa shape index (κ1) is 16.2. The molecule has 0 aliphatic heterocycles. The molecule has 0 saturated heterocycles. The van der Waals surface area contributed by atoms with Crippen LogP contribution in [0.4, 0.5) is 17.6 Å². The smallest absolute Gasteiger partial charge is 0.348 e. The van der Waals surface area contributed by atoms with Gasteiger partial charge in [-0.1, -0.05) is 19.1 Å². The lowest BCUT2D eigenvalue weighted by atomic mass is 10.1. The second-order valence-corrected chi connectivity index (χ2v) is 4.28. The summed E-state index contributed by atoms with van der Waals surface area (Å²) >= 11 is 0. The fraction of sp³-hybridized carbons (Fsp3) is 0.357. The minimum atomic E-state index is -4.66. The number of alkyl halides is 3. The molecule has 0 aliphatic carbocycles. The number of carbonyl (C=O) groups excluding carboxylic acids is 1. The van der Waals surface area contributed by atoms with Crippen LogP contribution in [-0.2, 0) is 17.5 Å². The van der Waals surface area contributed by atoms with Crippen LogP contribution in [0.5, 0.6) is 0 Å². The highest BCUT2D eigenvalue weighted by molar-refractivity contribution is 5.92. The lowest BCUT2D eigenvalue weighted by Crippen LogP contribution is -2.25. The van der Waals surface area contributed by atoms with Crippen LogP contribution in [0.3, 0.4) is 0 Å². The van der Waals surface area contributed by atoms with E-state index in [1.54, 1.807) is 13.0 Å². The Morgan fingerprint density at radius 3 is 2.55 bits per heavy atom. The summed E-state index contributed by atoms with van der Waals surface area (Å²) in [7, 11) is 0. The van der Waals surface area contributed by atoms with Crippen LogP contribution in [0.25, 0.3) is 0 Å². The second kappa shape index (κ2) is 6.54. The maximum atomic E-state index is 12.9. The summed E-state index contributed by atoms with van der Waals surface area (Å²) in [5.74, 6) is -1.40. The molecular weight excluding hydrogens is 274 g/mol. The first-order chi connectivity index (χ1) is 9.25. The summed E-state index contributed by atoms with van der Waals surface area (Å²) < 4.78 is 51.1. The van der Waals surface area contributed by atoms with Crippen molar-refractivity contribution in [2.45, 2.75) is 33.0 Å². The number of nitrogens with one attached hydrogen (secondary N) is 1. The van der Waals surface area contributed by atoms with Crippen molar-refractivity contribution >= 4 is 5.91 Å². The minimum Gasteiger partial charge on any atom is -0.348 e. The monoisotopic (exact) mass is 289 g/mol. The molecule has 0 atom stereocenters. The van der Waals surface area contributed by atoms with Gasteiger partial charge < -0.3 is 5.32 Å². The Bertz CT molecular complexity index is 520. The molecule has 1 rings (SSSR count). The average molecular weight is 289 g/mol.